The van der Waals surface area contributed by atoms with Gasteiger partial charge in [-0.3, -0.25) is 0 Å². The molecule has 0 aliphatic carbocycles. The van der Waals surface area contributed by atoms with Crippen molar-refractivity contribution in [3.8, 4) is 0 Å². The Bertz CT molecular complexity index is 407. The first kappa shape index (κ1) is 16.1. The molecule has 1 atom stereocenters. The van der Waals surface area contributed by atoms with E-state index in [4.69, 9.17) is 4.74 Å². The molecule has 19 heavy (non-hydrogen) atoms. The van der Waals surface area contributed by atoms with E-state index in [1.54, 1.807) is 13.2 Å². The highest BCUT2D eigenvalue weighted by molar-refractivity contribution is 5.23. The molecule has 2 nitrogen and oxygen atoms in total. The topological polar surface area (TPSA) is 21.3 Å². The molecule has 0 aliphatic heterocycles. The van der Waals surface area contributed by atoms with Crippen molar-refractivity contribution in [2.75, 3.05) is 13.7 Å². The summed E-state index contributed by atoms with van der Waals surface area (Å²) in [6.45, 7) is 6.66. The molecule has 1 aromatic carbocycles. The molecule has 1 N–H and O–H groups in total. The highest BCUT2D eigenvalue weighted by atomic mass is 19.2. The number of benzene rings is 1. The first-order chi connectivity index (χ1) is 8.91. The van der Waals surface area contributed by atoms with E-state index >= 15 is 0 Å². The van der Waals surface area contributed by atoms with E-state index in [9.17, 15) is 8.78 Å². The van der Waals surface area contributed by atoms with Crippen molar-refractivity contribution in [2.24, 2.45) is 0 Å². The van der Waals surface area contributed by atoms with Gasteiger partial charge in [0.1, 0.15) is 0 Å². The molecular weight excluding hydrogens is 248 g/mol. The van der Waals surface area contributed by atoms with Gasteiger partial charge in [0, 0.05) is 18.7 Å². The maximum atomic E-state index is 13.9. The van der Waals surface area contributed by atoms with Crippen LogP contribution in [0.4, 0.5) is 8.78 Å². The summed E-state index contributed by atoms with van der Waals surface area (Å²) in [6, 6.07) is 4.04. The fraction of sp³-hybridized carbons (Fsp3) is 0.600. The van der Waals surface area contributed by atoms with E-state index in [0.29, 0.717) is 12.0 Å². The zero-order chi connectivity index (χ0) is 14.5. The van der Waals surface area contributed by atoms with Gasteiger partial charge in [-0.1, -0.05) is 19.1 Å². The maximum absolute atomic E-state index is 13.9. The van der Waals surface area contributed by atoms with E-state index in [-0.39, 0.29) is 6.04 Å². The van der Waals surface area contributed by atoms with Gasteiger partial charge in [-0.25, -0.2) is 8.78 Å². The van der Waals surface area contributed by atoms with Crippen LogP contribution in [0.3, 0.4) is 0 Å². The predicted octanol–water partition coefficient (Wildman–Crippen LogP) is 3.82. The third-order valence-corrected chi connectivity index (χ3v) is 3.25. The van der Waals surface area contributed by atoms with Crippen LogP contribution in [0.25, 0.3) is 0 Å². The first-order valence-corrected chi connectivity index (χ1v) is 6.63. The monoisotopic (exact) mass is 271 g/mol. The number of hydrogen-bond acceptors (Lipinski definition) is 2. The Balaban J connectivity index is 2.99. The van der Waals surface area contributed by atoms with Gasteiger partial charge in [0.2, 0.25) is 0 Å². The van der Waals surface area contributed by atoms with Crippen LogP contribution in [0.15, 0.2) is 18.2 Å². The molecule has 108 valence electrons. The average molecular weight is 271 g/mol. The molecule has 0 spiro atoms. The molecule has 1 rings (SSSR count). The van der Waals surface area contributed by atoms with Crippen molar-refractivity contribution < 1.29 is 13.5 Å². The van der Waals surface area contributed by atoms with Crippen LogP contribution in [0, 0.1) is 11.6 Å². The highest BCUT2D eigenvalue weighted by Gasteiger charge is 2.26. The van der Waals surface area contributed by atoms with Crippen LogP contribution < -0.4 is 5.32 Å². The van der Waals surface area contributed by atoms with Crippen molar-refractivity contribution in [1.29, 1.82) is 0 Å². The molecule has 0 saturated carbocycles. The van der Waals surface area contributed by atoms with Crippen molar-refractivity contribution in [2.45, 2.75) is 45.3 Å². The van der Waals surface area contributed by atoms with Crippen LogP contribution in [-0.4, -0.2) is 19.3 Å². The fourth-order valence-corrected chi connectivity index (χ4v) is 1.98. The number of hydrogen-bond donors (Lipinski definition) is 1. The summed E-state index contributed by atoms with van der Waals surface area (Å²) in [5.74, 6) is -1.58. The van der Waals surface area contributed by atoms with E-state index in [1.165, 1.54) is 6.07 Å². The first-order valence-electron chi connectivity index (χ1n) is 6.63. The number of ether oxygens (including phenoxy) is 1. The van der Waals surface area contributed by atoms with Gasteiger partial charge in [0.15, 0.2) is 11.6 Å². The number of rotatable bonds is 7. The molecule has 0 fully saturated rings. The smallest absolute Gasteiger partial charge is 0.163 e. The molecule has 0 aliphatic rings. The Morgan fingerprint density at radius 1 is 1.32 bits per heavy atom. The van der Waals surface area contributed by atoms with Crippen molar-refractivity contribution >= 4 is 0 Å². The summed E-state index contributed by atoms with van der Waals surface area (Å²) in [6.07, 6.45) is 1.50. The van der Waals surface area contributed by atoms with E-state index in [0.717, 1.165) is 19.0 Å². The van der Waals surface area contributed by atoms with Gasteiger partial charge >= 0.3 is 0 Å². The third kappa shape index (κ3) is 4.55. The highest BCUT2D eigenvalue weighted by Crippen LogP contribution is 2.28. The van der Waals surface area contributed by atoms with Crippen LogP contribution in [0.1, 0.15) is 45.2 Å². The van der Waals surface area contributed by atoms with E-state index in [2.05, 4.69) is 5.32 Å². The molecular formula is C15H23F2NO. The standard InChI is InChI=1S/C15H23F2NO/c1-5-9-18-13(10-15(2,3)19-4)11-7-6-8-12(16)14(11)17/h6-8,13,18H,5,9-10H2,1-4H3. The van der Waals surface area contributed by atoms with Gasteiger partial charge in [-0.15, -0.1) is 0 Å². The normalized spacial score (nSPS) is 13.6. The van der Waals surface area contributed by atoms with Gasteiger partial charge in [-0.05, 0) is 39.3 Å². The lowest BCUT2D eigenvalue weighted by Gasteiger charge is -2.29. The second-order valence-corrected chi connectivity index (χ2v) is 5.32. The third-order valence-electron chi connectivity index (χ3n) is 3.25. The zero-order valence-corrected chi connectivity index (χ0v) is 12.1. The molecule has 1 aromatic rings. The second-order valence-electron chi connectivity index (χ2n) is 5.32. The summed E-state index contributed by atoms with van der Waals surface area (Å²) in [5.41, 5.74) is -0.0389. The van der Waals surface area contributed by atoms with Crippen molar-refractivity contribution in [3.05, 3.63) is 35.4 Å². The van der Waals surface area contributed by atoms with Crippen LogP contribution in [0.5, 0.6) is 0 Å². The van der Waals surface area contributed by atoms with Crippen molar-refractivity contribution in [1.82, 2.24) is 5.32 Å². The van der Waals surface area contributed by atoms with Crippen LogP contribution in [0.2, 0.25) is 0 Å². The van der Waals surface area contributed by atoms with Gasteiger partial charge in [0.05, 0.1) is 5.60 Å². The van der Waals surface area contributed by atoms with Gasteiger partial charge in [0.25, 0.3) is 0 Å². The Morgan fingerprint density at radius 3 is 2.58 bits per heavy atom. The molecule has 0 radical (unpaired) electrons. The Morgan fingerprint density at radius 2 is 2.00 bits per heavy atom. The lowest BCUT2D eigenvalue weighted by atomic mass is 9.93. The molecule has 0 aromatic heterocycles. The lowest BCUT2D eigenvalue weighted by Crippen LogP contribution is -2.33. The molecule has 1 unspecified atom stereocenters. The minimum absolute atomic E-state index is 0.259. The fourth-order valence-electron chi connectivity index (χ4n) is 1.98. The molecule has 0 amide bonds. The van der Waals surface area contributed by atoms with Crippen molar-refractivity contribution in [3.63, 3.8) is 0 Å². The predicted molar refractivity (Wildman–Crippen MR) is 73.1 cm³/mol. The van der Waals surface area contributed by atoms with Crippen LogP contribution in [-0.2, 0) is 4.74 Å². The summed E-state index contributed by atoms with van der Waals surface area (Å²) in [4.78, 5) is 0. The number of nitrogens with one attached hydrogen (secondary N) is 1. The van der Waals surface area contributed by atoms with Gasteiger partial charge < -0.3 is 10.1 Å². The molecule has 0 heterocycles. The number of halogens is 2. The van der Waals surface area contributed by atoms with E-state index < -0.39 is 17.2 Å². The minimum atomic E-state index is -0.809. The largest absolute Gasteiger partial charge is 0.379 e. The molecule has 0 saturated heterocycles. The summed E-state index contributed by atoms with van der Waals surface area (Å²) < 4.78 is 32.6. The van der Waals surface area contributed by atoms with E-state index in [1.807, 2.05) is 20.8 Å². The summed E-state index contributed by atoms with van der Waals surface area (Å²) in [5, 5.41) is 3.26. The minimum Gasteiger partial charge on any atom is -0.379 e. The number of methoxy groups -OCH3 is 1. The molecule has 0 bridgehead atoms. The second kappa shape index (κ2) is 6.96. The Kier molecular flexibility index (Phi) is 5.88. The maximum Gasteiger partial charge on any atom is 0.163 e. The Hall–Kier alpha value is -1.00. The van der Waals surface area contributed by atoms with Gasteiger partial charge in [-0.2, -0.15) is 0 Å². The summed E-state index contributed by atoms with van der Waals surface area (Å²) in [7, 11) is 1.62. The van der Waals surface area contributed by atoms with Crippen LogP contribution >= 0.6 is 0 Å². The average Bonchev–Trinajstić information content (AvgIpc) is 2.38. The lowest BCUT2D eigenvalue weighted by molar-refractivity contribution is 0.00653. The SMILES string of the molecule is CCCNC(CC(C)(C)OC)c1cccc(F)c1F. The molecule has 4 heteroatoms. The zero-order valence-electron chi connectivity index (χ0n) is 12.1. The Labute approximate surface area is 114 Å². The quantitative estimate of drug-likeness (QED) is 0.814. The summed E-state index contributed by atoms with van der Waals surface area (Å²) >= 11 is 0.